The summed E-state index contributed by atoms with van der Waals surface area (Å²) in [6.45, 7) is 0. The SMILES string of the molecule is c1ccc(-c2ccc(N(c3cccc(-c4cccc5ccccc45)c3)c3cccc4oc5cc6ccccc6cc5c34)cc2)cc1. The Bertz CT molecular complexity index is 2520. The molecule has 0 aliphatic carbocycles. The van der Waals surface area contributed by atoms with Crippen LogP contribution in [-0.2, 0) is 0 Å². The van der Waals surface area contributed by atoms with Gasteiger partial charge in [-0.2, -0.15) is 0 Å². The predicted octanol–water partition coefficient (Wildman–Crippen LogP) is 12.7. The Morgan fingerprint density at radius 3 is 1.87 bits per heavy atom. The van der Waals surface area contributed by atoms with Crippen molar-refractivity contribution >= 4 is 60.5 Å². The van der Waals surface area contributed by atoms with Crippen molar-refractivity contribution in [2.45, 2.75) is 0 Å². The zero-order valence-electron chi connectivity index (χ0n) is 25.1. The van der Waals surface area contributed by atoms with Gasteiger partial charge in [0.25, 0.3) is 0 Å². The predicted molar refractivity (Wildman–Crippen MR) is 194 cm³/mol. The zero-order valence-corrected chi connectivity index (χ0v) is 25.1. The number of rotatable bonds is 5. The number of hydrogen-bond acceptors (Lipinski definition) is 2. The Hall–Kier alpha value is -6.12. The highest BCUT2D eigenvalue weighted by Gasteiger charge is 2.20. The molecule has 0 saturated heterocycles. The fourth-order valence-corrected chi connectivity index (χ4v) is 6.83. The molecule has 0 aliphatic rings. The molecule has 0 fully saturated rings. The molecule has 216 valence electrons. The van der Waals surface area contributed by atoms with Crippen LogP contribution in [0.15, 0.2) is 180 Å². The highest BCUT2D eigenvalue weighted by molar-refractivity contribution is 6.16. The largest absolute Gasteiger partial charge is 0.456 e. The van der Waals surface area contributed by atoms with Crippen LogP contribution in [0.4, 0.5) is 17.1 Å². The van der Waals surface area contributed by atoms with Gasteiger partial charge in [-0.15, -0.1) is 0 Å². The van der Waals surface area contributed by atoms with Crippen molar-refractivity contribution in [2.75, 3.05) is 4.90 Å². The van der Waals surface area contributed by atoms with E-state index in [1.165, 1.54) is 43.8 Å². The first-order chi connectivity index (χ1) is 22.8. The molecule has 1 aromatic heterocycles. The third-order valence-electron chi connectivity index (χ3n) is 9.02. The summed E-state index contributed by atoms with van der Waals surface area (Å²) in [5.74, 6) is 0. The van der Waals surface area contributed by atoms with E-state index in [1.54, 1.807) is 0 Å². The summed E-state index contributed by atoms with van der Waals surface area (Å²) in [7, 11) is 0. The quantitative estimate of drug-likeness (QED) is 0.199. The van der Waals surface area contributed by atoms with Gasteiger partial charge in [-0.05, 0) is 92.3 Å². The molecule has 0 radical (unpaired) electrons. The van der Waals surface area contributed by atoms with Crippen LogP contribution in [0.5, 0.6) is 0 Å². The summed E-state index contributed by atoms with van der Waals surface area (Å²) in [6, 6.07) is 62.8. The van der Waals surface area contributed by atoms with Gasteiger partial charge in [-0.25, -0.2) is 0 Å². The van der Waals surface area contributed by atoms with Crippen molar-refractivity contribution in [3.8, 4) is 22.3 Å². The highest BCUT2D eigenvalue weighted by atomic mass is 16.3. The first-order valence-corrected chi connectivity index (χ1v) is 15.7. The maximum Gasteiger partial charge on any atom is 0.137 e. The monoisotopic (exact) mass is 587 g/mol. The Morgan fingerprint density at radius 1 is 0.370 bits per heavy atom. The van der Waals surface area contributed by atoms with E-state index in [4.69, 9.17) is 4.42 Å². The van der Waals surface area contributed by atoms with E-state index in [0.29, 0.717) is 0 Å². The van der Waals surface area contributed by atoms with E-state index in [-0.39, 0.29) is 0 Å². The van der Waals surface area contributed by atoms with E-state index >= 15 is 0 Å². The third-order valence-corrected chi connectivity index (χ3v) is 9.02. The minimum absolute atomic E-state index is 0.874. The maximum absolute atomic E-state index is 6.51. The Balaban J connectivity index is 1.28. The van der Waals surface area contributed by atoms with Gasteiger partial charge in [0.15, 0.2) is 0 Å². The summed E-state index contributed by atoms with van der Waals surface area (Å²) < 4.78 is 6.51. The summed E-state index contributed by atoms with van der Waals surface area (Å²) in [5.41, 5.74) is 9.80. The van der Waals surface area contributed by atoms with Crippen LogP contribution in [0.25, 0.3) is 65.7 Å². The van der Waals surface area contributed by atoms with Gasteiger partial charge in [0.2, 0.25) is 0 Å². The summed E-state index contributed by atoms with van der Waals surface area (Å²) >= 11 is 0. The van der Waals surface area contributed by atoms with Crippen molar-refractivity contribution in [1.29, 1.82) is 0 Å². The standard InChI is InChI=1S/C44H29NO/c1-2-11-30(12-3-1)31-23-25-36(26-24-31)45(37-18-8-17-35(27-37)39-20-9-16-32-13-6-7-19-38(32)39)41-21-10-22-42-44(41)40-28-33-14-4-5-15-34(33)29-43(40)46-42/h1-29H. The van der Waals surface area contributed by atoms with Crippen molar-refractivity contribution in [3.63, 3.8) is 0 Å². The molecule has 0 unspecified atom stereocenters. The fraction of sp³-hybridized carbons (Fsp3) is 0. The first kappa shape index (κ1) is 26.3. The Labute approximate surface area is 267 Å². The van der Waals surface area contributed by atoms with Crippen molar-refractivity contribution in [3.05, 3.63) is 176 Å². The molecule has 2 nitrogen and oxygen atoms in total. The lowest BCUT2D eigenvalue weighted by atomic mass is 9.97. The molecule has 0 atom stereocenters. The second kappa shape index (κ2) is 10.8. The maximum atomic E-state index is 6.51. The number of furan rings is 1. The van der Waals surface area contributed by atoms with Gasteiger partial charge in [-0.3, -0.25) is 0 Å². The molecule has 46 heavy (non-hydrogen) atoms. The molecule has 0 saturated carbocycles. The third kappa shape index (κ3) is 4.43. The van der Waals surface area contributed by atoms with Crippen LogP contribution in [0, 0.1) is 0 Å². The molecular formula is C44H29NO. The lowest BCUT2D eigenvalue weighted by Gasteiger charge is -2.27. The van der Waals surface area contributed by atoms with Crippen LogP contribution in [0.2, 0.25) is 0 Å². The molecule has 0 spiro atoms. The van der Waals surface area contributed by atoms with Gasteiger partial charge in [0.1, 0.15) is 11.2 Å². The molecule has 8 aromatic carbocycles. The number of nitrogens with zero attached hydrogens (tertiary/aromatic N) is 1. The fourth-order valence-electron chi connectivity index (χ4n) is 6.83. The second-order valence-corrected chi connectivity index (χ2v) is 11.8. The minimum Gasteiger partial charge on any atom is -0.456 e. The zero-order chi connectivity index (χ0) is 30.5. The molecule has 1 heterocycles. The van der Waals surface area contributed by atoms with Gasteiger partial charge in [0, 0.05) is 16.8 Å². The van der Waals surface area contributed by atoms with E-state index in [2.05, 4.69) is 181 Å². The van der Waals surface area contributed by atoms with Crippen LogP contribution in [-0.4, -0.2) is 0 Å². The molecule has 9 rings (SSSR count). The van der Waals surface area contributed by atoms with Gasteiger partial charge in [0.05, 0.1) is 11.1 Å². The summed E-state index contributed by atoms with van der Waals surface area (Å²) in [5, 5.41) is 7.07. The lowest BCUT2D eigenvalue weighted by Crippen LogP contribution is -2.10. The van der Waals surface area contributed by atoms with Crippen LogP contribution in [0.3, 0.4) is 0 Å². The van der Waals surface area contributed by atoms with E-state index in [1.807, 2.05) is 0 Å². The minimum atomic E-state index is 0.874. The number of hydrogen-bond donors (Lipinski definition) is 0. The van der Waals surface area contributed by atoms with Crippen LogP contribution >= 0.6 is 0 Å². The van der Waals surface area contributed by atoms with Crippen LogP contribution < -0.4 is 4.90 Å². The summed E-state index contributed by atoms with van der Waals surface area (Å²) in [6.07, 6.45) is 0. The topological polar surface area (TPSA) is 16.4 Å². The first-order valence-electron chi connectivity index (χ1n) is 15.7. The molecule has 0 N–H and O–H groups in total. The molecule has 9 aromatic rings. The average Bonchev–Trinajstić information content (AvgIpc) is 3.49. The van der Waals surface area contributed by atoms with E-state index in [0.717, 1.165) is 39.0 Å². The van der Waals surface area contributed by atoms with Crippen molar-refractivity contribution in [2.24, 2.45) is 0 Å². The molecule has 0 amide bonds. The van der Waals surface area contributed by atoms with Crippen LogP contribution in [0.1, 0.15) is 0 Å². The Kier molecular flexibility index (Phi) is 6.17. The number of fused-ring (bicyclic) bond motifs is 5. The molecule has 0 aliphatic heterocycles. The summed E-state index contributed by atoms with van der Waals surface area (Å²) in [4.78, 5) is 2.37. The number of anilines is 3. The number of benzene rings is 8. The Morgan fingerprint density at radius 2 is 1.02 bits per heavy atom. The molecule has 0 bridgehead atoms. The highest BCUT2D eigenvalue weighted by Crippen LogP contribution is 2.45. The van der Waals surface area contributed by atoms with Crippen molar-refractivity contribution in [1.82, 2.24) is 0 Å². The molecule has 2 heteroatoms. The van der Waals surface area contributed by atoms with E-state index < -0.39 is 0 Å². The lowest BCUT2D eigenvalue weighted by molar-refractivity contribution is 0.669. The van der Waals surface area contributed by atoms with Gasteiger partial charge in [-0.1, -0.05) is 127 Å². The van der Waals surface area contributed by atoms with Gasteiger partial charge < -0.3 is 9.32 Å². The second-order valence-electron chi connectivity index (χ2n) is 11.8. The van der Waals surface area contributed by atoms with Crippen molar-refractivity contribution < 1.29 is 4.42 Å². The smallest absolute Gasteiger partial charge is 0.137 e. The van der Waals surface area contributed by atoms with Gasteiger partial charge >= 0.3 is 0 Å². The molecular weight excluding hydrogens is 558 g/mol. The van der Waals surface area contributed by atoms with E-state index in [9.17, 15) is 0 Å². The average molecular weight is 588 g/mol. The normalized spacial score (nSPS) is 11.5.